The number of amides is 4. The van der Waals surface area contributed by atoms with Gasteiger partial charge in [0.25, 0.3) is 5.91 Å². The number of carbonyl (C=O) groups is 5. The van der Waals surface area contributed by atoms with E-state index in [1.54, 1.807) is 55.1 Å². The summed E-state index contributed by atoms with van der Waals surface area (Å²) in [7, 11) is 6.79. The number of carbonyl (C=O) groups excluding carboxylic acids is 4. The zero-order chi connectivity index (χ0) is 39.4. The fourth-order valence-corrected chi connectivity index (χ4v) is 7.01. The summed E-state index contributed by atoms with van der Waals surface area (Å²) < 4.78 is 11.6. The lowest BCUT2D eigenvalue weighted by atomic mass is 9.79. The molecule has 1 aromatic heterocycles. The average molecular weight is 753 g/mol. The predicted octanol–water partition coefficient (Wildman–Crippen LogP) is 6.11. The van der Waals surface area contributed by atoms with Gasteiger partial charge in [-0.1, -0.05) is 30.3 Å². The minimum atomic E-state index is -0.877. The van der Waals surface area contributed by atoms with Gasteiger partial charge in [0.2, 0.25) is 5.91 Å². The summed E-state index contributed by atoms with van der Waals surface area (Å²) in [4.78, 5) is 73.8. The van der Waals surface area contributed by atoms with E-state index < -0.39 is 29.7 Å². The van der Waals surface area contributed by atoms with E-state index in [2.05, 4.69) is 10.3 Å². The van der Waals surface area contributed by atoms with Gasteiger partial charge in [0.05, 0.1) is 17.6 Å². The number of hydrogen-bond donors (Lipinski definition) is 3. The number of likely N-dealkylation sites (N-methyl/N-ethyl adjacent to an activating group) is 3. The van der Waals surface area contributed by atoms with Crippen molar-refractivity contribution in [3.05, 3.63) is 78.0 Å². The molecule has 0 bridgehead atoms. The molecule has 2 atom stereocenters. The van der Waals surface area contributed by atoms with E-state index in [0.717, 1.165) is 27.2 Å². The van der Waals surface area contributed by atoms with E-state index in [4.69, 9.17) is 9.47 Å². The Kier molecular flexibility index (Phi) is 11.5. The number of aromatic amines is 1. The number of anilines is 2. The van der Waals surface area contributed by atoms with Crippen molar-refractivity contribution in [2.24, 2.45) is 5.41 Å². The maximum absolute atomic E-state index is 14.0. The Morgan fingerprint density at radius 3 is 2.40 bits per heavy atom. The Morgan fingerprint density at radius 2 is 1.67 bits per heavy atom. The SMILES string of the molecule is CN(C)CC(=O)Nc1ccc2[nH]c(C(=O)N3CCc4c3cc(OC(=O)N(C)CCN(C)C(=O)OC3/C=C/CC[C@@](C)(C(=O)O)CC3)c3ccccc43)cc2c1. The topological polar surface area (TPSA) is 165 Å². The molecule has 0 radical (unpaired) electrons. The van der Waals surface area contributed by atoms with Crippen molar-refractivity contribution in [1.29, 1.82) is 0 Å². The maximum Gasteiger partial charge on any atom is 0.415 e. The summed E-state index contributed by atoms with van der Waals surface area (Å²) in [5, 5.41) is 14.9. The molecule has 6 rings (SSSR count). The van der Waals surface area contributed by atoms with Gasteiger partial charge in [0.1, 0.15) is 17.5 Å². The maximum atomic E-state index is 14.0. The first-order valence-electron chi connectivity index (χ1n) is 18.4. The number of benzene rings is 3. The van der Waals surface area contributed by atoms with Crippen LogP contribution < -0.4 is 15.0 Å². The molecular weight excluding hydrogens is 704 g/mol. The molecular formula is C41H48N6O8. The molecule has 0 fully saturated rings. The van der Waals surface area contributed by atoms with Crippen molar-refractivity contribution in [3.8, 4) is 5.75 Å². The van der Waals surface area contributed by atoms with Crippen LogP contribution in [0.25, 0.3) is 21.7 Å². The number of ether oxygens (including phenoxy) is 2. The molecule has 14 nitrogen and oxygen atoms in total. The fraction of sp³-hybridized carbons (Fsp3) is 0.390. The summed E-state index contributed by atoms with van der Waals surface area (Å²) in [6, 6.07) is 16.5. The zero-order valence-corrected chi connectivity index (χ0v) is 31.9. The van der Waals surface area contributed by atoms with Crippen LogP contribution in [0.1, 0.15) is 48.7 Å². The third-order valence-electron chi connectivity index (χ3n) is 10.4. The lowest BCUT2D eigenvalue weighted by Gasteiger charge is -2.29. The molecule has 3 aromatic carbocycles. The van der Waals surface area contributed by atoms with E-state index in [0.29, 0.717) is 61.5 Å². The number of aromatic nitrogens is 1. The van der Waals surface area contributed by atoms with Gasteiger partial charge in [-0.25, -0.2) is 9.59 Å². The molecule has 14 heteroatoms. The number of hydrogen-bond acceptors (Lipinski definition) is 8. The second-order valence-electron chi connectivity index (χ2n) is 14.9. The number of carboxylic acid groups (broad SMARTS) is 1. The van der Waals surface area contributed by atoms with Gasteiger partial charge in [-0.15, -0.1) is 0 Å². The van der Waals surface area contributed by atoms with Crippen molar-refractivity contribution in [2.75, 3.05) is 64.6 Å². The van der Waals surface area contributed by atoms with Gasteiger partial charge in [-0.2, -0.15) is 0 Å². The summed E-state index contributed by atoms with van der Waals surface area (Å²) in [5.74, 6) is -0.931. The molecule has 3 N–H and O–H groups in total. The lowest BCUT2D eigenvalue weighted by molar-refractivity contribution is -0.149. The van der Waals surface area contributed by atoms with Crippen LogP contribution >= 0.6 is 0 Å². The van der Waals surface area contributed by atoms with Crippen molar-refractivity contribution in [2.45, 2.75) is 45.1 Å². The number of carboxylic acids is 1. The molecule has 1 aliphatic heterocycles. The van der Waals surface area contributed by atoms with Gasteiger partial charge >= 0.3 is 18.2 Å². The second-order valence-corrected chi connectivity index (χ2v) is 14.9. The largest absolute Gasteiger partial charge is 0.481 e. The normalized spacial score (nSPS) is 18.7. The molecule has 2 heterocycles. The first-order chi connectivity index (χ1) is 26.2. The zero-order valence-electron chi connectivity index (χ0n) is 31.9. The van der Waals surface area contributed by atoms with Gasteiger partial charge in [0, 0.05) is 61.8 Å². The van der Waals surface area contributed by atoms with E-state index in [9.17, 15) is 29.1 Å². The first kappa shape index (κ1) is 38.8. The molecule has 55 heavy (non-hydrogen) atoms. The number of nitrogens with one attached hydrogen (secondary N) is 2. The van der Waals surface area contributed by atoms with Crippen LogP contribution in [0.3, 0.4) is 0 Å². The molecule has 1 unspecified atom stereocenters. The summed E-state index contributed by atoms with van der Waals surface area (Å²) in [5.41, 5.74) is 2.53. The summed E-state index contributed by atoms with van der Waals surface area (Å²) in [6.45, 7) is 2.71. The van der Waals surface area contributed by atoms with E-state index in [-0.39, 0.29) is 31.4 Å². The minimum absolute atomic E-state index is 0.139. The molecule has 2 aliphatic rings. The van der Waals surface area contributed by atoms with Crippen molar-refractivity contribution in [1.82, 2.24) is 19.7 Å². The standard InChI is InChI=1S/C41H48N6O8/c1-41(38(50)51)17-9-8-10-28(15-18-41)54-39(52)45(4)20-21-46(5)40(53)55-35-24-34-30(29-11-6-7-12-31(29)35)16-19-47(34)37(49)33-23-26-22-27(13-14-32(26)43-33)42-36(48)25-44(2)3/h6-8,10-14,22-24,28,43H,9,15-21,25H2,1-5H3,(H,42,48)(H,50,51)/b10-8+/t28?,41-/m1/s1. The van der Waals surface area contributed by atoms with E-state index in [1.165, 1.54) is 9.80 Å². The highest BCUT2D eigenvalue weighted by molar-refractivity contribution is 6.11. The van der Waals surface area contributed by atoms with Crippen LogP contribution in [0.15, 0.2) is 66.7 Å². The molecule has 0 spiro atoms. The quantitative estimate of drug-likeness (QED) is 0.162. The lowest BCUT2D eigenvalue weighted by Crippen LogP contribution is -2.39. The highest BCUT2D eigenvalue weighted by atomic mass is 16.6. The Balaban J connectivity index is 1.11. The Bertz CT molecular complexity index is 2160. The van der Waals surface area contributed by atoms with Crippen LogP contribution in [0.2, 0.25) is 0 Å². The number of fused-ring (bicyclic) bond motifs is 4. The molecule has 0 saturated heterocycles. The number of nitrogens with zero attached hydrogens (tertiary/aromatic N) is 4. The molecule has 0 saturated carbocycles. The van der Waals surface area contributed by atoms with E-state index >= 15 is 0 Å². The van der Waals surface area contributed by atoms with Crippen LogP contribution in [-0.2, 0) is 20.7 Å². The highest BCUT2D eigenvalue weighted by Crippen LogP contribution is 2.41. The van der Waals surface area contributed by atoms with Crippen LogP contribution in [0.4, 0.5) is 21.0 Å². The number of allylic oxidation sites excluding steroid dienone is 1. The Morgan fingerprint density at radius 1 is 0.945 bits per heavy atom. The van der Waals surface area contributed by atoms with Crippen LogP contribution in [0, 0.1) is 5.41 Å². The van der Waals surface area contributed by atoms with Crippen molar-refractivity contribution in [3.63, 3.8) is 0 Å². The monoisotopic (exact) mass is 752 g/mol. The van der Waals surface area contributed by atoms with Gasteiger partial charge < -0.3 is 44.5 Å². The number of aliphatic carboxylic acids is 1. The second kappa shape index (κ2) is 16.2. The van der Waals surface area contributed by atoms with Crippen molar-refractivity contribution >= 4 is 63.0 Å². The fourth-order valence-electron chi connectivity index (χ4n) is 7.01. The first-order valence-corrected chi connectivity index (χ1v) is 18.4. The van der Waals surface area contributed by atoms with Gasteiger partial charge in [-0.05, 0) is 94.4 Å². The third kappa shape index (κ3) is 8.75. The van der Waals surface area contributed by atoms with Gasteiger partial charge in [-0.3, -0.25) is 14.4 Å². The van der Waals surface area contributed by atoms with Crippen LogP contribution in [0.5, 0.6) is 5.75 Å². The molecule has 4 amide bonds. The predicted molar refractivity (Wildman–Crippen MR) is 210 cm³/mol. The smallest absolute Gasteiger partial charge is 0.415 e. The summed E-state index contributed by atoms with van der Waals surface area (Å²) in [6.07, 6.45) is 4.40. The van der Waals surface area contributed by atoms with Gasteiger partial charge in [0.15, 0.2) is 0 Å². The summed E-state index contributed by atoms with van der Waals surface area (Å²) >= 11 is 0. The van der Waals surface area contributed by atoms with E-state index in [1.807, 2.05) is 56.6 Å². The molecule has 4 aromatic rings. The van der Waals surface area contributed by atoms with Crippen LogP contribution in [-0.4, -0.2) is 115 Å². The third-order valence-corrected chi connectivity index (χ3v) is 10.4. The Hall–Kier alpha value is -5.89. The molecule has 1 aliphatic carbocycles. The number of H-pyrrole nitrogens is 1. The highest BCUT2D eigenvalue weighted by Gasteiger charge is 2.34. The minimum Gasteiger partial charge on any atom is -0.481 e. The Labute approximate surface area is 319 Å². The van der Waals surface area contributed by atoms with Crippen molar-refractivity contribution < 1.29 is 38.6 Å². The average Bonchev–Trinajstić information content (AvgIpc) is 3.77. The number of rotatable bonds is 10. The molecule has 290 valence electrons.